The van der Waals surface area contributed by atoms with E-state index in [1.54, 1.807) is 35.2 Å². The summed E-state index contributed by atoms with van der Waals surface area (Å²) in [4.78, 5) is 12.9. The summed E-state index contributed by atoms with van der Waals surface area (Å²) < 4.78 is 10.4. The minimum atomic E-state index is -0.0204. The van der Waals surface area contributed by atoms with E-state index >= 15 is 0 Å². The molecule has 3 rings (SSSR count). The molecule has 1 aromatic carbocycles. The second kappa shape index (κ2) is 6.10. The van der Waals surface area contributed by atoms with E-state index in [0.717, 1.165) is 16.1 Å². The first kappa shape index (κ1) is 15.1. The highest BCUT2D eigenvalue weighted by Gasteiger charge is 2.27. The number of hydrogen-bond donors (Lipinski definition) is 2. The molecule has 0 radical (unpaired) electrons. The van der Waals surface area contributed by atoms with Crippen molar-refractivity contribution < 1.29 is 19.4 Å². The van der Waals surface area contributed by atoms with E-state index < -0.39 is 0 Å². The van der Waals surface area contributed by atoms with Crippen LogP contribution in [0.1, 0.15) is 15.7 Å². The molecule has 1 aliphatic rings. The molecule has 0 saturated heterocycles. The number of fused-ring (bicyclic) bond motifs is 1. The van der Waals surface area contributed by atoms with E-state index in [0.29, 0.717) is 17.3 Å². The van der Waals surface area contributed by atoms with Crippen LogP contribution in [0.4, 0.5) is 5.69 Å². The van der Waals surface area contributed by atoms with Crippen LogP contribution in [0.2, 0.25) is 0 Å². The van der Waals surface area contributed by atoms with Crippen molar-refractivity contribution in [2.45, 2.75) is 5.25 Å². The Labute approximate surface area is 136 Å². The van der Waals surface area contributed by atoms with Crippen molar-refractivity contribution in [3.05, 3.63) is 34.0 Å². The lowest BCUT2D eigenvalue weighted by atomic mass is 10.1. The molecule has 2 aromatic rings. The standard InChI is InChI=1S/C15H15NO4S2/c1-19-10-5-8(6-11(20-2)13(10)18)14-15-9(3-4-21-15)16-12(17)7-22-14/h3-6,14,18H,7H2,1-2H3,(H,16,17)/t14-/m1/s1. The van der Waals surface area contributed by atoms with Crippen LogP contribution in [0, 0.1) is 0 Å². The van der Waals surface area contributed by atoms with Crippen LogP contribution in [0.5, 0.6) is 17.2 Å². The molecule has 1 aliphatic heterocycles. The first-order valence-corrected chi connectivity index (χ1v) is 8.50. The van der Waals surface area contributed by atoms with Gasteiger partial charge < -0.3 is 19.9 Å². The molecular weight excluding hydrogens is 322 g/mol. The highest BCUT2D eigenvalue weighted by Crippen LogP contribution is 2.48. The summed E-state index contributed by atoms with van der Waals surface area (Å²) in [5, 5.41) is 14.9. The van der Waals surface area contributed by atoms with Gasteiger partial charge in [0.2, 0.25) is 11.7 Å². The van der Waals surface area contributed by atoms with Crippen molar-refractivity contribution >= 4 is 34.7 Å². The van der Waals surface area contributed by atoms with E-state index in [-0.39, 0.29) is 16.9 Å². The number of thiophene rings is 1. The van der Waals surface area contributed by atoms with Crippen molar-refractivity contribution in [2.24, 2.45) is 0 Å². The van der Waals surface area contributed by atoms with Crippen molar-refractivity contribution in [2.75, 3.05) is 25.3 Å². The number of ether oxygens (including phenoxy) is 2. The number of amides is 1. The zero-order valence-electron chi connectivity index (χ0n) is 12.1. The van der Waals surface area contributed by atoms with Gasteiger partial charge in [-0.15, -0.1) is 23.1 Å². The molecule has 0 bridgehead atoms. The number of anilines is 1. The van der Waals surface area contributed by atoms with Gasteiger partial charge >= 0.3 is 0 Å². The predicted molar refractivity (Wildman–Crippen MR) is 88.5 cm³/mol. The summed E-state index contributed by atoms with van der Waals surface area (Å²) in [6.07, 6.45) is 0. The van der Waals surface area contributed by atoms with E-state index in [1.165, 1.54) is 14.2 Å². The van der Waals surface area contributed by atoms with Crippen LogP contribution in [0.3, 0.4) is 0 Å². The molecule has 2 N–H and O–H groups in total. The molecule has 0 aliphatic carbocycles. The van der Waals surface area contributed by atoms with Gasteiger partial charge in [0.1, 0.15) is 0 Å². The summed E-state index contributed by atoms with van der Waals surface area (Å²) >= 11 is 3.14. The Bertz CT molecular complexity index is 688. The maximum Gasteiger partial charge on any atom is 0.234 e. The fourth-order valence-electron chi connectivity index (χ4n) is 2.36. The number of hydrogen-bond acceptors (Lipinski definition) is 6. The lowest BCUT2D eigenvalue weighted by Gasteiger charge is -2.17. The lowest BCUT2D eigenvalue weighted by Crippen LogP contribution is -2.11. The smallest absolute Gasteiger partial charge is 0.234 e. The van der Waals surface area contributed by atoms with Gasteiger partial charge in [0.05, 0.1) is 30.9 Å². The van der Waals surface area contributed by atoms with E-state index in [9.17, 15) is 9.90 Å². The monoisotopic (exact) mass is 337 g/mol. The number of thioether (sulfide) groups is 1. The van der Waals surface area contributed by atoms with Crippen LogP contribution in [-0.4, -0.2) is 31.0 Å². The Kier molecular flexibility index (Phi) is 4.17. The summed E-state index contributed by atoms with van der Waals surface area (Å²) in [5.74, 6) is 1.06. The van der Waals surface area contributed by atoms with Crippen molar-refractivity contribution in [1.29, 1.82) is 0 Å². The molecule has 0 fully saturated rings. The average molecular weight is 337 g/mol. The van der Waals surface area contributed by atoms with Gasteiger partial charge in [-0.25, -0.2) is 0 Å². The largest absolute Gasteiger partial charge is 0.502 e. The van der Waals surface area contributed by atoms with Crippen molar-refractivity contribution in [3.8, 4) is 17.2 Å². The highest BCUT2D eigenvalue weighted by atomic mass is 32.2. The Balaban J connectivity index is 2.09. The van der Waals surface area contributed by atoms with Gasteiger partial charge in [-0.1, -0.05) is 0 Å². The molecule has 0 spiro atoms. The maximum atomic E-state index is 11.8. The zero-order chi connectivity index (χ0) is 15.7. The maximum absolute atomic E-state index is 11.8. The van der Waals surface area contributed by atoms with Gasteiger partial charge in [-0.3, -0.25) is 4.79 Å². The number of benzene rings is 1. The molecule has 116 valence electrons. The van der Waals surface area contributed by atoms with E-state index in [1.807, 2.05) is 11.4 Å². The number of aromatic hydroxyl groups is 1. The number of nitrogens with one attached hydrogen (secondary N) is 1. The number of phenolic OH excluding ortho intramolecular Hbond substituents is 1. The highest BCUT2D eigenvalue weighted by molar-refractivity contribution is 8.00. The molecule has 0 saturated carbocycles. The number of rotatable bonds is 3. The average Bonchev–Trinajstić information content (AvgIpc) is 2.90. The second-order valence-corrected chi connectivity index (χ2v) is 6.75. The Hall–Kier alpha value is -1.86. The van der Waals surface area contributed by atoms with Crippen LogP contribution in [0.25, 0.3) is 0 Å². The number of phenols is 1. The Morgan fingerprint density at radius 1 is 1.27 bits per heavy atom. The Morgan fingerprint density at radius 2 is 1.95 bits per heavy atom. The van der Waals surface area contributed by atoms with E-state index in [4.69, 9.17) is 9.47 Å². The van der Waals surface area contributed by atoms with Gasteiger partial charge in [0, 0.05) is 4.88 Å². The van der Waals surface area contributed by atoms with E-state index in [2.05, 4.69) is 5.32 Å². The third kappa shape index (κ3) is 2.62. The number of carbonyl (C=O) groups excluding carboxylic acids is 1. The topological polar surface area (TPSA) is 67.8 Å². The molecule has 5 nitrogen and oxygen atoms in total. The lowest BCUT2D eigenvalue weighted by molar-refractivity contribution is -0.113. The van der Waals surface area contributed by atoms with Crippen LogP contribution in [0.15, 0.2) is 23.6 Å². The fourth-order valence-corrected chi connectivity index (χ4v) is 4.59. The molecular formula is C15H15NO4S2. The van der Waals surface area contributed by atoms with Gasteiger partial charge in [-0.05, 0) is 29.1 Å². The number of carbonyl (C=O) groups is 1. The summed E-state index contributed by atoms with van der Waals surface area (Å²) in [6.45, 7) is 0. The SMILES string of the molecule is COc1cc([C@H]2SCC(=O)Nc3ccsc32)cc(OC)c1O. The molecule has 22 heavy (non-hydrogen) atoms. The van der Waals surface area contributed by atoms with Crippen molar-refractivity contribution in [1.82, 2.24) is 0 Å². The normalized spacial score (nSPS) is 17.4. The first-order valence-electron chi connectivity index (χ1n) is 6.57. The molecule has 1 aromatic heterocycles. The molecule has 1 atom stereocenters. The van der Waals surface area contributed by atoms with Crippen LogP contribution < -0.4 is 14.8 Å². The van der Waals surface area contributed by atoms with Crippen LogP contribution >= 0.6 is 23.1 Å². The third-order valence-electron chi connectivity index (χ3n) is 3.39. The fraction of sp³-hybridized carbons (Fsp3) is 0.267. The summed E-state index contributed by atoms with van der Waals surface area (Å²) in [5.41, 5.74) is 1.77. The molecule has 0 unspecified atom stereocenters. The summed E-state index contributed by atoms with van der Waals surface area (Å²) in [6, 6.07) is 5.48. The Morgan fingerprint density at radius 3 is 2.59 bits per heavy atom. The second-order valence-electron chi connectivity index (χ2n) is 4.71. The summed E-state index contributed by atoms with van der Waals surface area (Å²) in [7, 11) is 3.00. The van der Waals surface area contributed by atoms with Crippen molar-refractivity contribution in [3.63, 3.8) is 0 Å². The minimum absolute atomic E-state index is 0.00939. The molecule has 2 heterocycles. The number of methoxy groups -OCH3 is 2. The molecule has 7 heteroatoms. The first-order chi connectivity index (χ1) is 10.6. The zero-order valence-corrected chi connectivity index (χ0v) is 13.7. The van der Waals surface area contributed by atoms with Gasteiger partial charge in [0.15, 0.2) is 11.5 Å². The molecule has 1 amide bonds. The third-order valence-corrected chi connectivity index (χ3v) is 5.79. The van der Waals surface area contributed by atoms with Gasteiger partial charge in [-0.2, -0.15) is 0 Å². The van der Waals surface area contributed by atoms with Gasteiger partial charge in [0.25, 0.3) is 0 Å². The van der Waals surface area contributed by atoms with Crippen LogP contribution in [-0.2, 0) is 4.79 Å². The quantitative estimate of drug-likeness (QED) is 0.900. The minimum Gasteiger partial charge on any atom is -0.502 e. The predicted octanol–water partition coefficient (Wildman–Crippen LogP) is 3.25.